The van der Waals surface area contributed by atoms with Gasteiger partial charge in [0.05, 0.1) is 49.9 Å². The molecule has 6 aromatic carbocycles. The van der Waals surface area contributed by atoms with Crippen LogP contribution in [0.1, 0.15) is 87.5 Å². The number of carbonyl (C=O) groups is 6. The Kier molecular flexibility index (Phi) is 21.1. The van der Waals surface area contributed by atoms with E-state index in [1.54, 1.807) is 60.7 Å². The van der Waals surface area contributed by atoms with Crippen LogP contribution >= 0.6 is 23.5 Å². The van der Waals surface area contributed by atoms with Crippen molar-refractivity contribution in [1.82, 2.24) is 9.80 Å². The van der Waals surface area contributed by atoms with E-state index in [4.69, 9.17) is 28.4 Å². The Balaban J connectivity index is 0.831. The Bertz CT molecular complexity index is 3250. The molecule has 10 rings (SSSR count). The van der Waals surface area contributed by atoms with Crippen molar-refractivity contribution in [2.75, 3.05) is 76.5 Å². The number of piperidine rings is 2. The fourth-order valence-electron chi connectivity index (χ4n) is 12.1. The monoisotopic (exact) mass is 1230 g/mol. The summed E-state index contributed by atoms with van der Waals surface area (Å²) >= 11 is 2.27. The summed E-state index contributed by atoms with van der Waals surface area (Å²) in [6.45, 7) is 8.46. The molecule has 4 aliphatic rings. The minimum absolute atomic E-state index is 0.0614. The molecule has 2 amide bonds. The van der Waals surface area contributed by atoms with Crippen molar-refractivity contribution in [3.8, 4) is 23.0 Å². The summed E-state index contributed by atoms with van der Waals surface area (Å²) in [5, 5.41) is -3.79. The standard InChI is InChI=1S/C70H76N4O12S2/c1-49(75)73-59-23-11-13-25-65(59)87-69(73,57-47-55(81-3)27-29-63(57)83-43-17-15-37-71-39-33-53(34-40-71)61(77)45-51-19-7-5-8-20-51)85-67(79)31-32-68(80)86-70(74(50(2)76)60-24-12-14-26-66(60)88-70)58-48-56(82-4)28-30-64(58)84-44-18-16-38-72-41-35-54(36-42-72)62(78)46-52-21-9-6-10-22-52/h5-14,19-32,47-48,53-54H,15-18,33-46H2,1-4H3/b32-31-. The zero-order valence-electron chi connectivity index (χ0n) is 50.4. The molecule has 16 nitrogen and oxygen atoms in total. The number of Topliss-reactive ketones (excluding diaryl/α,β-unsaturated/α-hetero) is 2. The zero-order valence-corrected chi connectivity index (χ0v) is 52.0. The van der Waals surface area contributed by atoms with Crippen molar-refractivity contribution in [2.45, 2.75) is 98.0 Å². The van der Waals surface area contributed by atoms with Crippen LogP contribution in [0.4, 0.5) is 11.4 Å². The minimum Gasteiger partial charge on any atom is -0.497 e. The average Bonchev–Trinajstić information content (AvgIpc) is 1.65. The number of hydrogen-bond donors (Lipinski definition) is 0. The zero-order chi connectivity index (χ0) is 61.6. The maximum Gasteiger partial charge on any atom is 0.334 e. The molecule has 2 saturated heterocycles. The predicted octanol–water partition coefficient (Wildman–Crippen LogP) is 12.0. The number of nitrogens with zero attached hydrogens (tertiary/aromatic N) is 4. The molecule has 6 aromatic rings. The summed E-state index contributed by atoms with van der Waals surface area (Å²) in [5.74, 6) is -0.593. The highest BCUT2D eigenvalue weighted by atomic mass is 32.2. The first-order valence-corrected chi connectivity index (χ1v) is 31.9. The first-order valence-electron chi connectivity index (χ1n) is 30.3. The minimum atomic E-state index is -1.89. The molecule has 0 saturated carbocycles. The van der Waals surface area contributed by atoms with Crippen LogP contribution in [-0.4, -0.2) is 112 Å². The first kappa shape index (κ1) is 63.1. The lowest BCUT2D eigenvalue weighted by Gasteiger charge is -2.37. The highest BCUT2D eigenvalue weighted by molar-refractivity contribution is 8.01. The van der Waals surface area contributed by atoms with E-state index < -0.39 is 33.9 Å². The highest BCUT2D eigenvalue weighted by Crippen LogP contribution is 2.60. The number of benzene rings is 6. The number of rotatable bonds is 26. The molecular weight excluding hydrogens is 1150 g/mol. The molecule has 460 valence electrons. The van der Waals surface area contributed by atoms with Crippen molar-refractivity contribution >= 4 is 70.2 Å². The largest absolute Gasteiger partial charge is 0.497 e. The Labute approximate surface area is 523 Å². The van der Waals surface area contributed by atoms with E-state index in [1.165, 1.54) is 37.9 Å². The number of ether oxygens (including phenoxy) is 6. The second-order valence-electron chi connectivity index (χ2n) is 22.5. The number of fused-ring (bicyclic) bond motifs is 2. The highest BCUT2D eigenvalue weighted by Gasteiger charge is 2.55. The third kappa shape index (κ3) is 14.8. The van der Waals surface area contributed by atoms with Crippen molar-refractivity contribution in [2.24, 2.45) is 11.8 Å². The fraction of sp³-hybridized carbons (Fsp3) is 0.371. The number of hydrogen-bond acceptors (Lipinski definition) is 16. The number of methoxy groups -OCH3 is 2. The molecule has 18 heteroatoms. The summed E-state index contributed by atoms with van der Waals surface area (Å²) in [4.78, 5) is 92.4. The number of ketones is 2. The molecule has 0 bridgehead atoms. The second-order valence-corrected chi connectivity index (χ2v) is 24.9. The van der Waals surface area contributed by atoms with Gasteiger partial charge in [-0.25, -0.2) is 9.59 Å². The third-order valence-corrected chi connectivity index (χ3v) is 19.3. The summed E-state index contributed by atoms with van der Waals surface area (Å²) in [6.07, 6.45) is 9.19. The molecule has 4 aliphatic heterocycles. The van der Waals surface area contributed by atoms with E-state index in [0.717, 1.165) is 125 Å². The lowest BCUT2D eigenvalue weighted by Crippen LogP contribution is -2.47. The SMILES string of the molecule is COc1ccc(OCCCCN2CCC(C(=O)Cc3ccccc3)CC2)c(C2(OC(=O)/C=C\C(=O)OC3(c4cc(OC)ccc4OCCCCN4CCC(C(=O)Cc5ccccc5)CC4)Sc4ccccc4N3C(C)=O)Sc3ccccc3N2C(C)=O)c1. The first-order chi connectivity index (χ1) is 42.8. The molecule has 0 aromatic heterocycles. The lowest BCUT2D eigenvalue weighted by atomic mass is 9.89. The fourth-order valence-corrected chi connectivity index (χ4v) is 14.9. The number of likely N-dealkylation sites (tertiary alicyclic amines) is 2. The van der Waals surface area contributed by atoms with E-state index >= 15 is 0 Å². The average molecular weight is 1230 g/mol. The number of amides is 2. The Morgan fingerprint density at radius 3 is 1.24 bits per heavy atom. The second kappa shape index (κ2) is 29.4. The smallest absolute Gasteiger partial charge is 0.334 e. The lowest BCUT2D eigenvalue weighted by molar-refractivity contribution is -0.150. The normalized spacial score (nSPS) is 18.8. The molecular formula is C70H76N4O12S2. The molecule has 88 heavy (non-hydrogen) atoms. The maximum absolute atomic E-state index is 14.6. The number of carbonyl (C=O) groups excluding carboxylic acids is 6. The van der Waals surface area contributed by atoms with Gasteiger partial charge in [0.15, 0.2) is 0 Å². The molecule has 4 heterocycles. The third-order valence-electron chi connectivity index (χ3n) is 16.6. The molecule has 0 spiro atoms. The number of unbranched alkanes of at least 4 members (excludes halogenated alkanes) is 2. The molecule has 2 fully saturated rings. The van der Waals surface area contributed by atoms with Gasteiger partial charge in [0.25, 0.3) is 10.1 Å². The number of anilines is 2. The van der Waals surface area contributed by atoms with E-state index in [0.29, 0.717) is 106 Å². The van der Waals surface area contributed by atoms with Crippen molar-refractivity contribution < 1.29 is 57.2 Å². The van der Waals surface area contributed by atoms with E-state index in [-0.39, 0.29) is 11.8 Å². The molecule has 0 radical (unpaired) electrons. The van der Waals surface area contributed by atoms with Crippen LogP contribution in [0.3, 0.4) is 0 Å². The molecule has 2 atom stereocenters. The van der Waals surface area contributed by atoms with Gasteiger partial charge >= 0.3 is 11.9 Å². The molecule has 2 unspecified atom stereocenters. The van der Waals surface area contributed by atoms with Crippen molar-refractivity contribution in [1.29, 1.82) is 0 Å². The summed E-state index contributed by atoms with van der Waals surface area (Å²) in [7, 11) is 3.03. The van der Waals surface area contributed by atoms with Gasteiger partial charge < -0.3 is 38.2 Å². The summed E-state index contributed by atoms with van der Waals surface area (Å²) in [5.41, 5.74) is 3.74. The van der Waals surface area contributed by atoms with Gasteiger partial charge in [0, 0.05) is 60.5 Å². The van der Waals surface area contributed by atoms with Gasteiger partial charge in [-0.3, -0.25) is 29.0 Å². The number of thioether (sulfide) groups is 2. The maximum atomic E-state index is 14.6. The Morgan fingerprint density at radius 2 is 0.864 bits per heavy atom. The van der Waals surface area contributed by atoms with E-state index in [9.17, 15) is 28.8 Å². The van der Waals surface area contributed by atoms with Gasteiger partial charge in [0.1, 0.15) is 34.6 Å². The van der Waals surface area contributed by atoms with Crippen LogP contribution in [0.25, 0.3) is 0 Å². The van der Waals surface area contributed by atoms with Crippen LogP contribution in [0.2, 0.25) is 0 Å². The van der Waals surface area contributed by atoms with Crippen LogP contribution < -0.4 is 28.7 Å². The topological polar surface area (TPSA) is 171 Å². The summed E-state index contributed by atoms with van der Waals surface area (Å²) in [6, 6.07) is 44.5. The Hall–Kier alpha value is -7.90. The van der Waals surface area contributed by atoms with Crippen LogP contribution in [0, 0.1) is 11.8 Å². The molecule has 0 N–H and O–H groups in total. The number of para-hydroxylation sites is 2. The van der Waals surface area contributed by atoms with Gasteiger partial charge in [0.2, 0.25) is 11.8 Å². The molecule has 0 aliphatic carbocycles. The van der Waals surface area contributed by atoms with E-state index in [1.807, 2.05) is 84.9 Å². The van der Waals surface area contributed by atoms with Gasteiger partial charge in [-0.15, -0.1) is 0 Å². The quantitative estimate of drug-likeness (QED) is 0.0285. The van der Waals surface area contributed by atoms with Gasteiger partial charge in [-0.2, -0.15) is 0 Å². The van der Waals surface area contributed by atoms with E-state index in [2.05, 4.69) is 9.80 Å². The summed E-state index contributed by atoms with van der Waals surface area (Å²) < 4.78 is 37.6. The van der Waals surface area contributed by atoms with Crippen molar-refractivity contribution in [3.63, 3.8) is 0 Å². The number of esters is 2. The van der Waals surface area contributed by atoms with Gasteiger partial charge in [-0.1, -0.05) is 84.9 Å². The van der Waals surface area contributed by atoms with Crippen LogP contribution in [0.5, 0.6) is 23.0 Å². The predicted molar refractivity (Wildman–Crippen MR) is 340 cm³/mol. The van der Waals surface area contributed by atoms with Gasteiger partial charge in [-0.05, 0) is 186 Å². The van der Waals surface area contributed by atoms with Crippen LogP contribution in [-0.2, 0) is 61.2 Å². The Morgan fingerprint density at radius 1 is 0.489 bits per heavy atom. The van der Waals surface area contributed by atoms with Crippen molar-refractivity contribution in [3.05, 3.63) is 180 Å². The van der Waals surface area contributed by atoms with Crippen LogP contribution in [0.15, 0.2) is 168 Å².